The maximum Gasteiger partial charge on any atom is 0.305 e. The van der Waals surface area contributed by atoms with E-state index in [9.17, 15) is 14.4 Å². The van der Waals surface area contributed by atoms with Crippen LogP contribution in [0.4, 0.5) is 5.69 Å². The van der Waals surface area contributed by atoms with Gasteiger partial charge in [-0.15, -0.1) is 0 Å². The van der Waals surface area contributed by atoms with Crippen molar-refractivity contribution in [2.75, 3.05) is 12.0 Å². The second-order valence-corrected chi connectivity index (χ2v) is 9.04. The molecule has 2 unspecified atom stereocenters. The fourth-order valence-corrected chi connectivity index (χ4v) is 6.54. The molecule has 2 aromatic carbocycles. The van der Waals surface area contributed by atoms with Gasteiger partial charge in [-0.1, -0.05) is 53.4 Å². The number of nitrogens with one attached hydrogen (secondary N) is 1. The molecule has 0 aliphatic carbocycles. The first-order chi connectivity index (χ1) is 14.1. The van der Waals surface area contributed by atoms with Crippen LogP contribution in [0.25, 0.3) is 0 Å². The van der Waals surface area contributed by atoms with Crippen molar-refractivity contribution >= 4 is 40.6 Å². The van der Waals surface area contributed by atoms with E-state index < -0.39 is 11.2 Å². The highest BCUT2D eigenvalue weighted by Crippen LogP contribution is 2.53. The first-order valence-corrected chi connectivity index (χ1v) is 10.7. The summed E-state index contributed by atoms with van der Waals surface area (Å²) in [7, 11) is 1.57. The molecule has 3 aromatic rings. The van der Waals surface area contributed by atoms with Crippen LogP contribution >= 0.6 is 23.1 Å². The summed E-state index contributed by atoms with van der Waals surface area (Å²) in [5, 5.41) is 0.111. The summed E-state index contributed by atoms with van der Waals surface area (Å²) >= 11 is 2.40. The Kier molecular flexibility index (Phi) is 4.33. The number of rotatable bonds is 3. The number of carbonyl (C=O) groups is 2. The average Bonchev–Trinajstić information content (AvgIpc) is 3.23. The number of thiazole rings is 1. The molecule has 1 aromatic heterocycles. The van der Waals surface area contributed by atoms with Gasteiger partial charge in [0.25, 0.3) is 0 Å². The number of carbonyl (C=O) groups excluding carboxylic acids is 2. The van der Waals surface area contributed by atoms with Crippen LogP contribution in [0.3, 0.4) is 0 Å². The fourth-order valence-electron chi connectivity index (χ4n) is 4.02. The number of fused-ring (bicyclic) bond motifs is 2. The third-order valence-electron chi connectivity index (χ3n) is 5.31. The van der Waals surface area contributed by atoms with Gasteiger partial charge in [-0.25, -0.2) is 4.90 Å². The number of aromatic nitrogens is 1. The number of nitrogens with zero attached hydrogens (tertiary/aromatic N) is 1. The molecular weight excluding hydrogens is 408 g/mol. The van der Waals surface area contributed by atoms with Gasteiger partial charge < -0.3 is 9.72 Å². The summed E-state index contributed by atoms with van der Waals surface area (Å²) in [4.78, 5) is 43.5. The van der Waals surface area contributed by atoms with Crippen molar-refractivity contribution in [3.8, 4) is 5.75 Å². The highest BCUT2D eigenvalue weighted by atomic mass is 32.2. The second kappa shape index (κ2) is 6.89. The minimum Gasteiger partial charge on any atom is -0.497 e. The monoisotopic (exact) mass is 424 g/mol. The zero-order valence-corrected chi connectivity index (χ0v) is 17.0. The quantitative estimate of drug-likeness (QED) is 0.653. The summed E-state index contributed by atoms with van der Waals surface area (Å²) in [6.07, 6.45) is 0. The van der Waals surface area contributed by atoms with Crippen LogP contribution in [-0.2, 0) is 9.59 Å². The predicted molar refractivity (Wildman–Crippen MR) is 112 cm³/mol. The molecule has 2 aliphatic heterocycles. The lowest BCUT2D eigenvalue weighted by molar-refractivity contribution is -0.122. The summed E-state index contributed by atoms with van der Waals surface area (Å²) < 4.78 is 5.17. The van der Waals surface area contributed by atoms with E-state index in [0.29, 0.717) is 16.5 Å². The van der Waals surface area contributed by atoms with Crippen LogP contribution < -0.4 is 14.5 Å². The molecule has 6 nitrogen and oxygen atoms in total. The zero-order chi connectivity index (χ0) is 20.1. The fraction of sp³-hybridized carbons (Fsp3) is 0.190. The molecule has 8 heteroatoms. The Hall–Kier alpha value is -2.84. The Morgan fingerprint density at radius 3 is 2.38 bits per heavy atom. The standard InChI is InChI=1S/C21H16N2O4S2/c1-27-13-9-7-12(8-10-13)23-19(24)15-14(11-5-3-2-4-6-11)16-18(22-21(26)29-16)28-17(15)20(23)25/h2-10,14-15,17H,1H3,(H,22,26)/t14-,15?,17?/m1/s1. The van der Waals surface area contributed by atoms with Crippen LogP contribution in [0.5, 0.6) is 5.75 Å². The number of aromatic amines is 1. The Bertz CT molecular complexity index is 1150. The molecule has 2 aliphatic rings. The first-order valence-electron chi connectivity index (χ1n) is 9.05. The molecule has 0 radical (unpaired) electrons. The molecule has 1 fully saturated rings. The summed E-state index contributed by atoms with van der Waals surface area (Å²) in [5.41, 5.74) is 1.46. The van der Waals surface area contributed by atoms with Crippen molar-refractivity contribution < 1.29 is 14.3 Å². The van der Waals surface area contributed by atoms with Gasteiger partial charge in [0.2, 0.25) is 11.8 Å². The van der Waals surface area contributed by atoms with E-state index in [1.807, 2.05) is 30.3 Å². The lowest BCUT2D eigenvalue weighted by Gasteiger charge is -2.29. The number of hydrogen-bond donors (Lipinski definition) is 1. The third-order valence-corrected chi connectivity index (χ3v) is 7.71. The number of amides is 2. The van der Waals surface area contributed by atoms with Gasteiger partial charge in [0.05, 0.1) is 23.7 Å². The van der Waals surface area contributed by atoms with Crippen molar-refractivity contribution in [2.45, 2.75) is 16.2 Å². The van der Waals surface area contributed by atoms with E-state index in [-0.39, 0.29) is 22.6 Å². The van der Waals surface area contributed by atoms with Crippen LogP contribution in [0.2, 0.25) is 0 Å². The maximum absolute atomic E-state index is 13.5. The Morgan fingerprint density at radius 1 is 0.966 bits per heavy atom. The van der Waals surface area contributed by atoms with Gasteiger partial charge in [-0.3, -0.25) is 14.4 Å². The molecule has 1 N–H and O–H groups in total. The number of imide groups is 1. The van der Waals surface area contributed by atoms with Gasteiger partial charge in [-0.05, 0) is 29.8 Å². The molecule has 1 saturated heterocycles. The molecule has 3 atom stereocenters. The van der Waals surface area contributed by atoms with E-state index in [2.05, 4.69) is 4.98 Å². The molecule has 146 valence electrons. The highest BCUT2D eigenvalue weighted by molar-refractivity contribution is 8.00. The van der Waals surface area contributed by atoms with Crippen LogP contribution in [0.1, 0.15) is 16.4 Å². The van der Waals surface area contributed by atoms with E-state index in [1.54, 1.807) is 31.4 Å². The Labute approximate surface area is 174 Å². The molecule has 5 rings (SSSR count). The van der Waals surface area contributed by atoms with Crippen LogP contribution in [-0.4, -0.2) is 29.2 Å². The number of benzene rings is 2. The zero-order valence-electron chi connectivity index (χ0n) is 15.3. The molecule has 0 bridgehead atoms. The number of hydrogen-bond acceptors (Lipinski definition) is 6. The normalized spacial score (nSPS) is 23.1. The van der Waals surface area contributed by atoms with Gasteiger partial charge in [0, 0.05) is 10.8 Å². The number of anilines is 1. The smallest absolute Gasteiger partial charge is 0.305 e. The molecule has 0 saturated carbocycles. The van der Waals surface area contributed by atoms with Crippen molar-refractivity contribution in [3.63, 3.8) is 0 Å². The topological polar surface area (TPSA) is 79.5 Å². The van der Waals surface area contributed by atoms with E-state index in [1.165, 1.54) is 16.7 Å². The van der Waals surface area contributed by atoms with E-state index in [4.69, 9.17) is 4.74 Å². The van der Waals surface area contributed by atoms with Crippen molar-refractivity contribution in [1.29, 1.82) is 0 Å². The van der Waals surface area contributed by atoms with Crippen molar-refractivity contribution in [1.82, 2.24) is 4.98 Å². The van der Waals surface area contributed by atoms with Gasteiger partial charge in [-0.2, -0.15) is 0 Å². The molecule has 0 spiro atoms. The van der Waals surface area contributed by atoms with Gasteiger partial charge >= 0.3 is 4.87 Å². The second-order valence-electron chi connectivity index (χ2n) is 6.87. The average molecular weight is 425 g/mol. The van der Waals surface area contributed by atoms with E-state index in [0.717, 1.165) is 21.8 Å². The van der Waals surface area contributed by atoms with Crippen molar-refractivity contribution in [3.05, 3.63) is 74.7 Å². The number of H-pyrrole nitrogens is 1. The summed E-state index contributed by atoms with van der Waals surface area (Å²) in [5.74, 6) is -0.731. The van der Waals surface area contributed by atoms with Gasteiger partial charge in [0.1, 0.15) is 11.0 Å². The number of methoxy groups -OCH3 is 1. The first kappa shape index (κ1) is 18.2. The number of thioether (sulfide) groups is 1. The highest BCUT2D eigenvalue weighted by Gasteiger charge is 2.56. The van der Waals surface area contributed by atoms with Crippen LogP contribution in [0, 0.1) is 5.92 Å². The Balaban J connectivity index is 1.62. The molecule has 29 heavy (non-hydrogen) atoms. The van der Waals surface area contributed by atoms with Crippen LogP contribution in [0.15, 0.2) is 64.4 Å². The summed E-state index contributed by atoms with van der Waals surface area (Å²) in [6.45, 7) is 0. The predicted octanol–water partition coefficient (Wildman–Crippen LogP) is 3.24. The molecule has 2 amide bonds. The largest absolute Gasteiger partial charge is 0.497 e. The SMILES string of the molecule is COc1ccc(N2C(=O)C3Sc4[nH]c(=O)sc4[C@H](c4ccccc4)C3C2=O)cc1. The van der Waals surface area contributed by atoms with E-state index >= 15 is 0 Å². The third kappa shape index (κ3) is 2.82. The molecular formula is C21H16N2O4S2. The summed E-state index contributed by atoms with van der Waals surface area (Å²) in [6, 6.07) is 16.5. The minimum atomic E-state index is -0.576. The maximum atomic E-state index is 13.5. The molecule has 3 heterocycles. The minimum absolute atomic E-state index is 0.171. The van der Waals surface area contributed by atoms with Crippen molar-refractivity contribution in [2.24, 2.45) is 5.92 Å². The van der Waals surface area contributed by atoms with Gasteiger partial charge in [0.15, 0.2) is 0 Å². The number of ether oxygens (including phenoxy) is 1. The Morgan fingerprint density at radius 2 is 1.69 bits per heavy atom. The lowest BCUT2D eigenvalue weighted by atomic mass is 9.83. The lowest BCUT2D eigenvalue weighted by Crippen LogP contribution is -2.32.